The van der Waals surface area contributed by atoms with Crippen LogP contribution in [-0.4, -0.2) is 61.3 Å². The maximum Gasteiger partial charge on any atom is 0.273 e. The van der Waals surface area contributed by atoms with Crippen molar-refractivity contribution in [2.75, 3.05) is 33.4 Å². The summed E-state index contributed by atoms with van der Waals surface area (Å²) < 4.78 is 11.1. The van der Waals surface area contributed by atoms with Crippen LogP contribution in [0.3, 0.4) is 0 Å². The number of rotatable bonds is 8. The summed E-state index contributed by atoms with van der Waals surface area (Å²) in [6, 6.07) is 7.49. The number of carbonyl (C=O) groups is 1. The number of halogens is 3. The smallest absolute Gasteiger partial charge is 0.273 e. The maximum absolute atomic E-state index is 13.5. The van der Waals surface area contributed by atoms with Crippen LogP contribution >= 0.6 is 36.4 Å². The number of carbonyl (C=O) groups excluding carboxylic acids is 1. The fourth-order valence-corrected chi connectivity index (χ4v) is 4.10. The summed E-state index contributed by atoms with van der Waals surface area (Å²) >= 11 is 6.42. The number of nitrogens with zero attached hydrogens (tertiary/aromatic N) is 2. The van der Waals surface area contributed by atoms with E-state index in [9.17, 15) is 4.79 Å². The Hall–Kier alpha value is -1.31. The molecule has 0 bridgehead atoms. The number of pyridine rings is 1. The Morgan fingerprint density at radius 2 is 2.10 bits per heavy atom. The van der Waals surface area contributed by atoms with Gasteiger partial charge in [0.2, 0.25) is 0 Å². The number of fused-ring (bicyclic) bond motifs is 1. The monoisotopic (exact) mass is 491 g/mol. The Morgan fingerprint density at radius 3 is 2.74 bits per heavy atom. The van der Waals surface area contributed by atoms with Gasteiger partial charge in [0, 0.05) is 44.8 Å². The molecule has 0 spiro atoms. The molecule has 174 valence electrons. The van der Waals surface area contributed by atoms with Crippen LogP contribution in [0.5, 0.6) is 5.75 Å². The molecule has 0 saturated carbocycles. The van der Waals surface area contributed by atoms with Gasteiger partial charge < -0.3 is 19.7 Å². The molecule has 2 heterocycles. The van der Waals surface area contributed by atoms with Crippen molar-refractivity contribution in [2.24, 2.45) is 0 Å². The summed E-state index contributed by atoms with van der Waals surface area (Å²) in [6.07, 6.45) is 2.81. The lowest BCUT2D eigenvalue weighted by atomic mass is 10.0. The van der Waals surface area contributed by atoms with Crippen LogP contribution in [0.25, 0.3) is 10.9 Å². The van der Waals surface area contributed by atoms with Crippen LogP contribution in [-0.2, 0) is 4.74 Å². The van der Waals surface area contributed by atoms with Crippen molar-refractivity contribution in [1.29, 1.82) is 0 Å². The second-order valence-electron chi connectivity index (χ2n) is 7.64. The van der Waals surface area contributed by atoms with Gasteiger partial charge in [-0.1, -0.05) is 17.7 Å². The summed E-state index contributed by atoms with van der Waals surface area (Å²) in [4.78, 5) is 20.1. The highest BCUT2D eigenvalue weighted by Crippen LogP contribution is 2.33. The predicted octanol–water partition coefficient (Wildman–Crippen LogP) is 4.75. The molecule has 0 aliphatic carbocycles. The molecule has 0 radical (unpaired) electrons. The van der Waals surface area contributed by atoms with Gasteiger partial charge in [0.05, 0.1) is 22.5 Å². The maximum atomic E-state index is 13.5. The topological polar surface area (TPSA) is 63.7 Å². The van der Waals surface area contributed by atoms with Crippen LogP contribution in [0.2, 0.25) is 5.02 Å². The highest BCUT2D eigenvalue weighted by atomic mass is 35.5. The first-order chi connectivity index (χ1) is 14.0. The lowest BCUT2D eigenvalue weighted by Crippen LogP contribution is -2.51. The van der Waals surface area contributed by atoms with Crippen molar-refractivity contribution in [3.63, 3.8) is 0 Å². The molecule has 1 N–H and O–H groups in total. The molecule has 1 aromatic carbocycles. The van der Waals surface area contributed by atoms with E-state index >= 15 is 0 Å². The SMILES string of the molecule is COCCCOc1cc(C(=O)N(C(C)C)[C@@H]2CCCNC2)nc2cccc(Cl)c12.Cl.Cl. The number of hydrogen-bond donors (Lipinski definition) is 1. The van der Waals surface area contributed by atoms with Crippen molar-refractivity contribution in [1.82, 2.24) is 15.2 Å². The predicted molar refractivity (Wildman–Crippen MR) is 130 cm³/mol. The van der Waals surface area contributed by atoms with Crippen molar-refractivity contribution in [3.05, 3.63) is 35.0 Å². The second-order valence-corrected chi connectivity index (χ2v) is 8.05. The lowest BCUT2D eigenvalue weighted by Gasteiger charge is -2.37. The van der Waals surface area contributed by atoms with Gasteiger partial charge in [0.25, 0.3) is 5.91 Å². The van der Waals surface area contributed by atoms with Crippen LogP contribution in [0.15, 0.2) is 24.3 Å². The zero-order valence-electron chi connectivity index (χ0n) is 18.2. The summed E-state index contributed by atoms with van der Waals surface area (Å²) in [5.41, 5.74) is 1.05. The normalized spacial score (nSPS) is 15.8. The Bertz CT molecular complexity index is 845. The number of amides is 1. The number of nitrogens with one attached hydrogen (secondary N) is 1. The van der Waals surface area contributed by atoms with Crippen molar-refractivity contribution >= 4 is 53.2 Å². The summed E-state index contributed by atoms with van der Waals surface area (Å²) in [7, 11) is 1.66. The van der Waals surface area contributed by atoms with E-state index in [1.54, 1.807) is 13.2 Å². The van der Waals surface area contributed by atoms with Crippen LogP contribution in [0.1, 0.15) is 43.6 Å². The molecule has 1 aliphatic rings. The van der Waals surface area contributed by atoms with Gasteiger partial charge in [0.1, 0.15) is 11.4 Å². The minimum Gasteiger partial charge on any atom is -0.493 e. The van der Waals surface area contributed by atoms with E-state index in [-0.39, 0.29) is 42.8 Å². The largest absolute Gasteiger partial charge is 0.493 e. The number of methoxy groups -OCH3 is 1. The fourth-order valence-electron chi connectivity index (χ4n) is 3.84. The third-order valence-corrected chi connectivity index (χ3v) is 5.49. The fraction of sp³-hybridized carbons (Fsp3) is 0.545. The molecule has 1 aromatic heterocycles. The number of hydrogen-bond acceptors (Lipinski definition) is 5. The number of benzene rings is 1. The van der Waals surface area contributed by atoms with E-state index in [1.807, 2.05) is 36.9 Å². The van der Waals surface area contributed by atoms with Gasteiger partial charge in [0.15, 0.2) is 0 Å². The Kier molecular flexibility index (Phi) is 11.9. The van der Waals surface area contributed by atoms with Gasteiger partial charge in [-0.05, 0) is 45.4 Å². The van der Waals surface area contributed by atoms with E-state index < -0.39 is 0 Å². The summed E-state index contributed by atoms with van der Waals surface area (Å²) in [6.45, 7) is 7.00. The molecule has 3 rings (SSSR count). The Morgan fingerprint density at radius 1 is 1.32 bits per heavy atom. The molecule has 1 amide bonds. The van der Waals surface area contributed by atoms with Crippen molar-refractivity contribution < 1.29 is 14.3 Å². The van der Waals surface area contributed by atoms with Gasteiger partial charge in [-0.3, -0.25) is 4.79 Å². The zero-order chi connectivity index (χ0) is 20.8. The molecule has 1 aliphatic heterocycles. The quantitative estimate of drug-likeness (QED) is 0.539. The highest BCUT2D eigenvalue weighted by molar-refractivity contribution is 6.36. The first-order valence-corrected chi connectivity index (χ1v) is 10.6. The van der Waals surface area contributed by atoms with E-state index in [4.69, 9.17) is 21.1 Å². The molecule has 2 aromatic rings. The average molecular weight is 493 g/mol. The third-order valence-electron chi connectivity index (χ3n) is 5.17. The summed E-state index contributed by atoms with van der Waals surface area (Å²) in [5, 5.41) is 4.69. The molecule has 1 saturated heterocycles. The summed E-state index contributed by atoms with van der Waals surface area (Å²) in [5.74, 6) is 0.517. The first-order valence-electron chi connectivity index (χ1n) is 10.3. The number of aromatic nitrogens is 1. The minimum absolute atomic E-state index is 0. The molecule has 1 atom stereocenters. The molecule has 0 unspecified atom stereocenters. The third kappa shape index (κ3) is 6.83. The van der Waals surface area contributed by atoms with E-state index in [0.717, 1.165) is 37.7 Å². The van der Waals surface area contributed by atoms with Gasteiger partial charge in [-0.15, -0.1) is 24.8 Å². The number of ether oxygens (including phenoxy) is 2. The van der Waals surface area contributed by atoms with Gasteiger partial charge in [-0.2, -0.15) is 0 Å². The molecular formula is C22H32Cl3N3O3. The van der Waals surface area contributed by atoms with Crippen LogP contribution < -0.4 is 10.1 Å². The van der Waals surface area contributed by atoms with E-state index in [2.05, 4.69) is 10.3 Å². The minimum atomic E-state index is -0.0719. The second kappa shape index (κ2) is 13.3. The number of piperidine rings is 1. The van der Waals surface area contributed by atoms with Crippen LogP contribution in [0, 0.1) is 0 Å². The molecule has 9 heteroatoms. The Balaban J connectivity index is 0.00000240. The van der Waals surface area contributed by atoms with E-state index in [1.165, 1.54) is 0 Å². The lowest BCUT2D eigenvalue weighted by molar-refractivity contribution is 0.0567. The Labute approximate surface area is 201 Å². The molecule has 6 nitrogen and oxygen atoms in total. The standard InChI is InChI=1S/C22H30ClN3O3.2ClH/c1-15(2)26(16-7-5-10-24-14-16)22(27)19-13-20(29-12-6-11-28-3)21-17(23)8-4-9-18(21)25-19;;/h4,8-9,13,15-16,24H,5-7,10-12,14H2,1-3H3;2*1H/t16-;;/m1../s1. The highest BCUT2D eigenvalue weighted by Gasteiger charge is 2.30. The van der Waals surface area contributed by atoms with Gasteiger partial charge >= 0.3 is 0 Å². The zero-order valence-corrected chi connectivity index (χ0v) is 20.6. The molecule has 31 heavy (non-hydrogen) atoms. The first kappa shape index (κ1) is 27.7. The van der Waals surface area contributed by atoms with E-state index in [0.29, 0.717) is 35.2 Å². The van der Waals surface area contributed by atoms with Gasteiger partial charge in [-0.25, -0.2) is 4.98 Å². The van der Waals surface area contributed by atoms with Crippen molar-refractivity contribution in [2.45, 2.75) is 45.2 Å². The van der Waals surface area contributed by atoms with Crippen LogP contribution in [0.4, 0.5) is 0 Å². The molecular weight excluding hydrogens is 461 g/mol. The molecule has 1 fully saturated rings. The van der Waals surface area contributed by atoms with Crippen molar-refractivity contribution in [3.8, 4) is 5.75 Å². The average Bonchev–Trinajstić information content (AvgIpc) is 2.71.